The molecule has 0 aliphatic carbocycles. The minimum Gasteiger partial charge on any atom is -0.444 e. The second kappa shape index (κ2) is 8.44. The maximum absolute atomic E-state index is 12.0. The number of rotatable bonds is 6. The molecule has 1 unspecified atom stereocenters. The fourth-order valence-electron chi connectivity index (χ4n) is 1.42. The molecule has 0 bridgehead atoms. The quantitative estimate of drug-likeness (QED) is 0.641. The van der Waals surface area contributed by atoms with Crippen molar-refractivity contribution in [2.45, 2.75) is 37.7 Å². The predicted octanol–water partition coefficient (Wildman–Crippen LogP) is 1.95. The van der Waals surface area contributed by atoms with Gasteiger partial charge in [0.2, 0.25) is 0 Å². The van der Waals surface area contributed by atoms with Crippen molar-refractivity contribution in [2.24, 2.45) is 0 Å². The van der Waals surface area contributed by atoms with E-state index in [0.29, 0.717) is 28.9 Å². The lowest BCUT2D eigenvalue weighted by molar-refractivity contribution is 0.0527. The molecular formula is C13H21BrN4O3S. The van der Waals surface area contributed by atoms with Crippen LogP contribution < -0.4 is 15.8 Å². The number of nitrogen functional groups attached to an aromatic ring is 1. The van der Waals surface area contributed by atoms with Crippen molar-refractivity contribution in [2.75, 3.05) is 18.8 Å². The van der Waals surface area contributed by atoms with Crippen molar-refractivity contribution in [1.82, 2.24) is 15.0 Å². The second-order valence-corrected chi connectivity index (χ2v) is 7.66. The summed E-state index contributed by atoms with van der Waals surface area (Å²) in [6.07, 6.45) is 1.68. The number of anilines is 1. The van der Waals surface area contributed by atoms with Crippen molar-refractivity contribution in [1.29, 1.82) is 0 Å². The van der Waals surface area contributed by atoms with Crippen LogP contribution in [0.1, 0.15) is 27.2 Å². The van der Waals surface area contributed by atoms with Gasteiger partial charge in [-0.3, -0.25) is 0 Å². The molecule has 4 N–H and O–H groups in total. The normalized spacial score (nSPS) is 12.7. The van der Waals surface area contributed by atoms with Gasteiger partial charge in [-0.05, 0) is 49.2 Å². The minimum atomic E-state index is -1.45. The van der Waals surface area contributed by atoms with E-state index in [-0.39, 0.29) is 5.82 Å². The van der Waals surface area contributed by atoms with E-state index >= 15 is 0 Å². The van der Waals surface area contributed by atoms with E-state index in [0.717, 1.165) is 0 Å². The zero-order valence-corrected chi connectivity index (χ0v) is 15.2. The van der Waals surface area contributed by atoms with Crippen molar-refractivity contribution in [3.8, 4) is 0 Å². The van der Waals surface area contributed by atoms with Crippen molar-refractivity contribution >= 4 is 38.8 Å². The highest BCUT2D eigenvalue weighted by molar-refractivity contribution is 9.10. The Hall–Kier alpha value is -1.19. The summed E-state index contributed by atoms with van der Waals surface area (Å²) in [5.41, 5.74) is 5.16. The van der Waals surface area contributed by atoms with Gasteiger partial charge in [0.1, 0.15) is 22.4 Å². The van der Waals surface area contributed by atoms with Crippen LogP contribution in [0.4, 0.5) is 10.6 Å². The van der Waals surface area contributed by atoms with E-state index in [9.17, 15) is 9.00 Å². The summed E-state index contributed by atoms with van der Waals surface area (Å²) in [4.78, 5) is 15.8. The first-order valence-corrected chi connectivity index (χ1v) is 8.66. The van der Waals surface area contributed by atoms with Gasteiger partial charge in [-0.2, -0.15) is 0 Å². The highest BCUT2D eigenvalue weighted by Gasteiger charge is 2.15. The molecule has 1 rings (SSSR count). The molecule has 0 spiro atoms. The van der Waals surface area contributed by atoms with E-state index in [2.05, 4.69) is 31.0 Å². The zero-order chi connectivity index (χ0) is 16.8. The van der Waals surface area contributed by atoms with Gasteiger partial charge in [-0.15, -0.1) is 0 Å². The number of ether oxygens (including phenoxy) is 1. The molecule has 0 radical (unpaired) electrons. The molecule has 9 heteroatoms. The van der Waals surface area contributed by atoms with Crippen molar-refractivity contribution in [3.05, 3.63) is 16.7 Å². The summed E-state index contributed by atoms with van der Waals surface area (Å²) >= 11 is 3.26. The Kier molecular flexibility index (Phi) is 7.24. The molecule has 0 fully saturated rings. The number of alkyl carbamates (subject to hydrolysis) is 1. The number of hydrogen-bond acceptors (Lipinski definition) is 5. The predicted molar refractivity (Wildman–Crippen MR) is 89.6 cm³/mol. The molecule has 1 aromatic rings. The van der Waals surface area contributed by atoms with Crippen molar-refractivity contribution in [3.63, 3.8) is 0 Å². The number of nitrogens with one attached hydrogen (secondary N) is 2. The van der Waals surface area contributed by atoms with Gasteiger partial charge in [0.15, 0.2) is 0 Å². The number of amides is 1. The van der Waals surface area contributed by atoms with Gasteiger partial charge < -0.3 is 15.8 Å². The molecule has 0 saturated carbocycles. The van der Waals surface area contributed by atoms with E-state index in [1.165, 1.54) is 0 Å². The van der Waals surface area contributed by atoms with Crippen LogP contribution in [0.2, 0.25) is 0 Å². The average molecular weight is 393 g/mol. The molecule has 22 heavy (non-hydrogen) atoms. The summed E-state index contributed by atoms with van der Waals surface area (Å²) in [5.74, 6) is 0.223. The summed E-state index contributed by atoms with van der Waals surface area (Å²) in [5, 5.41) is 2.63. The van der Waals surface area contributed by atoms with Crippen LogP contribution in [-0.4, -0.2) is 34.0 Å². The van der Waals surface area contributed by atoms with Crippen LogP contribution in [-0.2, 0) is 15.7 Å². The lowest BCUT2D eigenvalue weighted by Crippen LogP contribution is -2.34. The molecule has 0 aliphatic rings. The van der Waals surface area contributed by atoms with Gasteiger partial charge in [-0.1, -0.05) is 0 Å². The average Bonchev–Trinajstić information content (AvgIpc) is 2.38. The molecule has 1 aromatic heterocycles. The SMILES string of the molecule is CC(C)(C)OC(=O)NCCCNS(=O)c1cc(Br)cnc1N. The van der Waals surface area contributed by atoms with E-state index < -0.39 is 22.7 Å². The van der Waals surface area contributed by atoms with Gasteiger partial charge >= 0.3 is 6.09 Å². The van der Waals surface area contributed by atoms with Gasteiger partial charge in [-0.25, -0.2) is 18.7 Å². The third kappa shape index (κ3) is 7.19. The number of halogens is 1. The summed E-state index contributed by atoms with van der Waals surface area (Å²) in [6.45, 7) is 6.27. The first kappa shape index (κ1) is 18.9. The van der Waals surface area contributed by atoms with Crippen LogP contribution in [0.5, 0.6) is 0 Å². The molecule has 1 atom stereocenters. The minimum absolute atomic E-state index is 0.223. The Bertz CT molecular complexity index is 549. The molecule has 124 valence electrons. The van der Waals surface area contributed by atoms with Crippen LogP contribution in [0.3, 0.4) is 0 Å². The molecule has 0 saturated heterocycles. The zero-order valence-electron chi connectivity index (χ0n) is 12.8. The number of nitrogens with zero attached hydrogens (tertiary/aromatic N) is 1. The largest absolute Gasteiger partial charge is 0.444 e. The lowest BCUT2D eigenvalue weighted by Gasteiger charge is -2.19. The third-order valence-corrected chi connectivity index (χ3v) is 3.93. The highest BCUT2D eigenvalue weighted by Crippen LogP contribution is 2.17. The first-order chi connectivity index (χ1) is 10.2. The Morgan fingerprint density at radius 1 is 1.45 bits per heavy atom. The molecular weight excluding hydrogens is 372 g/mol. The molecule has 0 aromatic carbocycles. The summed E-state index contributed by atoms with van der Waals surface area (Å²) < 4.78 is 20.7. The fraction of sp³-hybridized carbons (Fsp3) is 0.538. The maximum atomic E-state index is 12.0. The van der Waals surface area contributed by atoms with Crippen LogP contribution in [0.25, 0.3) is 0 Å². The Balaban J connectivity index is 2.29. The van der Waals surface area contributed by atoms with Crippen LogP contribution >= 0.6 is 15.9 Å². The molecule has 0 aliphatic heterocycles. The van der Waals surface area contributed by atoms with Gasteiger partial charge in [0, 0.05) is 23.8 Å². The number of nitrogens with two attached hydrogens (primary N) is 1. The number of pyridine rings is 1. The topological polar surface area (TPSA) is 106 Å². The lowest BCUT2D eigenvalue weighted by atomic mass is 10.2. The number of carbonyl (C=O) groups excluding carboxylic acids is 1. The molecule has 7 nitrogen and oxygen atoms in total. The maximum Gasteiger partial charge on any atom is 0.407 e. The summed E-state index contributed by atoms with van der Waals surface area (Å²) in [6, 6.07) is 1.66. The van der Waals surface area contributed by atoms with Crippen LogP contribution in [0, 0.1) is 0 Å². The number of aromatic nitrogens is 1. The van der Waals surface area contributed by atoms with Gasteiger partial charge in [0.05, 0.1) is 4.90 Å². The molecule has 1 amide bonds. The Morgan fingerprint density at radius 3 is 2.77 bits per heavy atom. The van der Waals surface area contributed by atoms with E-state index in [4.69, 9.17) is 10.5 Å². The van der Waals surface area contributed by atoms with Gasteiger partial charge in [0.25, 0.3) is 0 Å². The number of hydrogen-bond donors (Lipinski definition) is 3. The smallest absolute Gasteiger partial charge is 0.407 e. The fourth-order valence-corrected chi connectivity index (χ4v) is 2.86. The van der Waals surface area contributed by atoms with E-state index in [1.54, 1.807) is 33.0 Å². The second-order valence-electron chi connectivity index (χ2n) is 5.48. The third-order valence-electron chi connectivity index (χ3n) is 2.30. The Labute approximate surface area is 141 Å². The highest BCUT2D eigenvalue weighted by atomic mass is 79.9. The monoisotopic (exact) mass is 392 g/mol. The number of carbonyl (C=O) groups is 1. The van der Waals surface area contributed by atoms with E-state index in [1.807, 2.05) is 0 Å². The molecule has 1 heterocycles. The van der Waals surface area contributed by atoms with Crippen molar-refractivity contribution < 1.29 is 13.7 Å². The first-order valence-electron chi connectivity index (χ1n) is 6.72. The van der Waals surface area contributed by atoms with Crippen LogP contribution in [0.15, 0.2) is 21.6 Å². The Morgan fingerprint density at radius 2 is 2.14 bits per heavy atom. The standard InChI is InChI=1S/C13H21BrN4O3S/c1-13(2,3)21-12(19)16-5-4-6-18-22(20)10-7-9(14)8-17-11(10)15/h7-8,18H,4-6H2,1-3H3,(H2,15,17)(H,16,19). The summed E-state index contributed by atoms with van der Waals surface area (Å²) in [7, 11) is -1.45.